The summed E-state index contributed by atoms with van der Waals surface area (Å²) in [6.45, 7) is 6.73. The molecule has 0 unspecified atom stereocenters. The molecule has 3 aromatic heterocycles. The first-order chi connectivity index (χ1) is 22.8. The molecule has 48 heavy (non-hydrogen) atoms. The molecule has 0 amide bonds. The Bertz CT molecular complexity index is 2260. The van der Waals surface area contributed by atoms with Gasteiger partial charge in [0.25, 0.3) is 0 Å². The maximum absolute atomic E-state index is 6.99. The van der Waals surface area contributed by atoms with Crippen molar-refractivity contribution < 1.29 is 25.8 Å². The van der Waals surface area contributed by atoms with E-state index in [2.05, 4.69) is 116 Å². The Morgan fingerprint density at radius 3 is 2.19 bits per heavy atom. The molecule has 0 bridgehead atoms. The van der Waals surface area contributed by atoms with Gasteiger partial charge in [0, 0.05) is 34.7 Å². The van der Waals surface area contributed by atoms with Gasteiger partial charge in [0.05, 0.1) is 5.52 Å². The van der Waals surface area contributed by atoms with Crippen LogP contribution in [0.3, 0.4) is 0 Å². The molecule has 238 valence electrons. The summed E-state index contributed by atoms with van der Waals surface area (Å²) in [5, 5.41) is 2.29. The first-order valence-electron chi connectivity index (χ1n) is 16.5. The van der Waals surface area contributed by atoms with Crippen LogP contribution < -0.4 is 4.74 Å². The Hall–Kier alpha value is -4.53. The smallest absolute Gasteiger partial charge is 0.503 e. The van der Waals surface area contributed by atoms with Crippen LogP contribution in [0.15, 0.2) is 109 Å². The first kappa shape index (κ1) is 30.8. The van der Waals surface area contributed by atoms with E-state index in [1.54, 1.807) is 0 Å². The summed E-state index contributed by atoms with van der Waals surface area (Å²) in [5.74, 6) is 1.46. The minimum atomic E-state index is -0.116. The molecule has 5 heteroatoms. The van der Waals surface area contributed by atoms with Gasteiger partial charge in [-0.3, -0.25) is 0 Å². The summed E-state index contributed by atoms with van der Waals surface area (Å²) < 4.78 is 9.21. The fraction of sp³-hybridized carbons (Fsp3) is 0.209. The number of hydrogen-bond donors (Lipinski definition) is 0. The van der Waals surface area contributed by atoms with Crippen molar-refractivity contribution in [2.45, 2.75) is 51.9 Å². The molecule has 0 saturated heterocycles. The second-order valence-corrected chi connectivity index (χ2v) is 14.4. The standard InChI is InChI=1S/C43H35N3O.Pt/c1-42(2,3)32-21-33(46-39-16-7-6-13-35(39)36-14-10-18-45-41(36)46)23-34(22-32)47-40-20-30(38-15-8-9-17-44-38)19-31-26-43(27-37(31)40)24-28-11-4-5-12-29(28)25-43;/h4-19,21-22H,24-27H2,1-3H3;/q-2;+2. The van der Waals surface area contributed by atoms with Crippen LogP contribution >= 0.6 is 0 Å². The van der Waals surface area contributed by atoms with Crippen molar-refractivity contribution in [1.29, 1.82) is 0 Å². The normalized spacial score (nSPS) is 14.6. The van der Waals surface area contributed by atoms with Crippen molar-refractivity contribution in [3.05, 3.63) is 149 Å². The molecule has 4 nitrogen and oxygen atoms in total. The van der Waals surface area contributed by atoms with Gasteiger partial charge in [0.2, 0.25) is 0 Å². The Labute approximate surface area is 296 Å². The monoisotopic (exact) mass is 804 g/mol. The van der Waals surface area contributed by atoms with Gasteiger partial charge < -0.3 is 14.3 Å². The van der Waals surface area contributed by atoms with E-state index in [1.165, 1.54) is 33.2 Å². The zero-order valence-corrected chi connectivity index (χ0v) is 29.6. The molecule has 1 spiro atoms. The first-order valence-corrected chi connectivity index (χ1v) is 16.5. The van der Waals surface area contributed by atoms with Crippen molar-refractivity contribution in [1.82, 2.24) is 14.5 Å². The second-order valence-electron chi connectivity index (χ2n) is 14.4. The van der Waals surface area contributed by atoms with E-state index in [0.29, 0.717) is 5.75 Å². The maximum Gasteiger partial charge on any atom is 2.00 e. The van der Waals surface area contributed by atoms with Crippen LogP contribution in [0, 0.1) is 17.5 Å². The van der Waals surface area contributed by atoms with Crippen LogP contribution in [-0.2, 0) is 52.2 Å². The molecule has 3 heterocycles. The molecule has 7 aromatic rings. The molecule has 2 aliphatic rings. The van der Waals surface area contributed by atoms with E-state index in [0.717, 1.165) is 64.9 Å². The Morgan fingerprint density at radius 1 is 0.708 bits per heavy atom. The molecule has 0 aliphatic heterocycles. The average Bonchev–Trinajstić information content (AvgIpc) is 3.74. The molecule has 4 aromatic carbocycles. The van der Waals surface area contributed by atoms with E-state index in [4.69, 9.17) is 14.7 Å². The zero-order valence-electron chi connectivity index (χ0n) is 27.3. The van der Waals surface area contributed by atoms with Crippen LogP contribution in [0.2, 0.25) is 0 Å². The fourth-order valence-corrected chi connectivity index (χ4v) is 7.89. The molecule has 0 N–H and O–H groups in total. The predicted molar refractivity (Wildman–Crippen MR) is 188 cm³/mol. The number of ether oxygens (including phenoxy) is 1. The van der Waals surface area contributed by atoms with Gasteiger partial charge in [-0.15, -0.1) is 41.0 Å². The number of fused-ring (bicyclic) bond motifs is 5. The molecular formula is C43H35N3OPt. The van der Waals surface area contributed by atoms with Crippen LogP contribution in [0.5, 0.6) is 11.5 Å². The molecule has 0 fully saturated rings. The van der Waals surface area contributed by atoms with Gasteiger partial charge in [0.1, 0.15) is 5.65 Å². The average molecular weight is 805 g/mol. The van der Waals surface area contributed by atoms with E-state index < -0.39 is 0 Å². The van der Waals surface area contributed by atoms with Gasteiger partial charge >= 0.3 is 21.1 Å². The van der Waals surface area contributed by atoms with E-state index in [1.807, 2.05) is 30.6 Å². The largest absolute Gasteiger partial charge is 2.00 e. The van der Waals surface area contributed by atoms with Gasteiger partial charge in [-0.25, -0.2) is 4.98 Å². The van der Waals surface area contributed by atoms with E-state index >= 15 is 0 Å². The van der Waals surface area contributed by atoms with Crippen molar-refractivity contribution in [2.75, 3.05) is 0 Å². The SMILES string of the molecule is CC(C)(C)c1cc(Oc2[c-]c(-c3ccccn3)cc3c2CC2(Cc4ccccc4C2)C3)[c-]c(-n2c3ccccc3c3cccnc32)c1.[Pt+2]. The Balaban J connectivity index is 0.00000336. The van der Waals surface area contributed by atoms with Gasteiger partial charge in [-0.1, -0.05) is 99.1 Å². The quantitative estimate of drug-likeness (QED) is 0.167. The van der Waals surface area contributed by atoms with Crippen LogP contribution in [0.4, 0.5) is 0 Å². The third-order valence-corrected chi connectivity index (χ3v) is 10.1. The molecule has 0 saturated carbocycles. The third-order valence-electron chi connectivity index (χ3n) is 10.1. The Morgan fingerprint density at radius 2 is 1.42 bits per heavy atom. The number of nitrogens with zero attached hydrogens (tertiary/aromatic N) is 3. The minimum absolute atomic E-state index is 0. The summed E-state index contributed by atoms with van der Waals surface area (Å²) in [6, 6.07) is 41.7. The van der Waals surface area contributed by atoms with Gasteiger partial charge in [0.15, 0.2) is 0 Å². The predicted octanol–water partition coefficient (Wildman–Crippen LogP) is 9.81. The minimum Gasteiger partial charge on any atom is -0.503 e. The van der Waals surface area contributed by atoms with Crippen molar-refractivity contribution in [2.24, 2.45) is 5.41 Å². The van der Waals surface area contributed by atoms with E-state index in [9.17, 15) is 0 Å². The second kappa shape index (κ2) is 11.6. The Kier molecular flexibility index (Phi) is 7.42. The fourth-order valence-electron chi connectivity index (χ4n) is 7.89. The summed E-state index contributed by atoms with van der Waals surface area (Å²) in [7, 11) is 0. The zero-order chi connectivity index (χ0) is 31.8. The van der Waals surface area contributed by atoms with Gasteiger partial charge in [-0.2, -0.15) is 0 Å². The molecule has 2 aliphatic carbocycles. The summed E-state index contributed by atoms with van der Waals surface area (Å²) in [6.07, 6.45) is 7.87. The van der Waals surface area contributed by atoms with Crippen LogP contribution in [0.1, 0.15) is 48.6 Å². The summed E-state index contributed by atoms with van der Waals surface area (Å²) in [4.78, 5) is 9.53. The third kappa shape index (κ3) is 5.18. The summed E-state index contributed by atoms with van der Waals surface area (Å²) >= 11 is 0. The number of aromatic nitrogens is 3. The van der Waals surface area contributed by atoms with Crippen molar-refractivity contribution in [3.63, 3.8) is 0 Å². The number of pyridine rings is 2. The van der Waals surface area contributed by atoms with Crippen molar-refractivity contribution >= 4 is 21.9 Å². The number of para-hydroxylation sites is 1. The van der Waals surface area contributed by atoms with Crippen LogP contribution in [0.25, 0.3) is 38.9 Å². The van der Waals surface area contributed by atoms with E-state index in [-0.39, 0.29) is 31.9 Å². The number of benzene rings is 4. The number of hydrogen-bond acceptors (Lipinski definition) is 3. The number of rotatable bonds is 4. The summed E-state index contributed by atoms with van der Waals surface area (Å²) in [5.41, 5.74) is 11.6. The van der Waals surface area contributed by atoms with Crippen molar-refractivity contribution in [3.8, 4) is 28.4 Å². The molecule has 0 atom stereocenters. The molecular weight excluding hydrogens is 770 g/mol. The topological polar surface area (TPSA) is 39.9 Å². The van der Waals surface area contributed by atoms with Crippen LogP contribution in [-0.4, -0.2) is 14.5 Å². The molecule has 0 radical (unpaired) electrons. The molecule has 9 rings (SSSR count). The maximum atomic E-state index is 6.99. The van der Waals surface area contributed by atoms with Gasteiger partial charge in [-0.05, 0) is 71.2 Å².